The van der Waals surface area contributed by atoms with Crippen LogP contribution in [0.5, 0.6) is 0 Å². The van der Waals surface area contributed by atoms with E-state index in [4.69, 9.17) is 0 Å². The van der Waals surface area contributed by atoms with Crippen LogP contribution in [0.15, 0.2) is 170 Å². The highest BCUT2D eigenvalue weighted by Gasteiger charge is 2.28. The summed E-state index contributed by atoms with van der Waals surface area (Å²) in [7, 11) is 0. The van der Waals surface area contributed by atoms with Crippen molar-refractivity contribution in [3.05, 3.63) is 170 Å². The van der Waals surface area contributed by atoms with Crippen molar-refractivity contribution in [3.8, 4) is 27.9 Å². The maximum Gasteiger partial charge on any atom is 0.0726 e. The minimum absolute atomic E-state index is 1.13. The number of para-hydroxylation sites is 3. The van der Waals surface area contributed by atoms with Crippen LogP contribution in [0.4, 0.5) is 17.1 Å². The van der Waals surface area contributed by atoms with Crippen LogP contribution in [0.25, 0.3) is 80.7 Å². The van der Waals surface area contributed by atoms with Gasteiger partial charge < -0.3 is 9.47 Å². The van der Waals surface area contributed by atoms with Gasteiger partial charge in [-0.15, -0.1) is 11.3 Å². The summed E-state index contributed by atoms with van der Waals surface area (Å²) in [4.78, 5) is 2.37. The highest BCUT2D eigenvalue weighted by atomic mass is 32.1. The first-order valence-electron chi connectivity index (χ1n) is 16.8. The average molecular weight is 641 g/mol. The van der Waals surface area contributed by atoms with E-state index in [0.717, 1.165) is 17.1 Å². The van der Waals surface area contributed by atoms with Gasteiger partial charge in [0.15, 0.2) is 0 Å². The molecule has 2 aromatic heterocycles. The summed E-state index contributed by atoms with van der Waals surface area (Å²) < 4.78 is 5.18. The molecule has 49 heavy (non-hydrogen) atoms. The van der Waals surface area contributed by atoms with E-state index in [1.54, 1.807) is 0 Å². The molecule has 2 heterocycles. The molecule has 0 spiro atoms. The Bertz CT molecular complexity index is 2880. The fourth-order valence-corrected chi connectivity index (χ4v) is 9.47. The second-order valence-electron chi connectivity index (χ2n) is 12.9. The molecule has 0 amide bonds. The maximum absolute atomic E-state index is 2.52. The molecule has 0 atom stereocenters. The van der Waals surface area contributed by atoms with Gasteiger partial charge in [-0.1, -0.05) is 103 Å². The number of thiophene rings is 1. The van der Waals surface area contributed by atoms with Crippen LogP contribution in [0, 0.1) is 0 Å². The zero-order valence-corrected chi connectivity index (χ0v) is 27.3. The number of aromatic nitrogens is 1. The summed E-state index contributed by atoms with van der Waals surface area (Å²) in [6.07, 6.45) is 0. The number of fused-ring (bicyclic) bond motifs is 7. The molecular formula is C46H28N2S. The van der Waals surface area contributed by atoms with Crippen molar-refractivity contribution in [2.75, 3.05) is 4.90 Å². The summed E-state index contributed by atoms with van der Waals surface area (Å²) >= 11 is 1.91. The van der Waals surface area contributed by atoms with Gasteiger partial charge >= 0.3 is 0 Å². The Hall–Kier alpha value is -6.16. The van der Waals surface area contributed by atoms with Gasteiger partial charge in [0.05, 0.1) is 15.7 Å². The maximum atomic E-state index is 2.52. The summed E-state index contributed by atoms with van der Waals surface area (Å²) in [6.45, 7) is 0. The molecule has 0 bridgehead atoms. The first kappa shape index (κ1) is 26.9. The largest absolute Gasteiger partial charge is 0.310 e. The molecule has 1 aliphatic rings. The van der Waals surface area contributed by atoms with E-state index < -0.39 is 0 Å². The molecule has 0 saturated heterocycles. The quantitative estimate of drug-likeness (QED) is 0.186. The molecule has 0 radical (unpaired) electrons. The van der Waals surface area contributed by atoms with Crippen molar-refractivity contribution in [2.45, 2.75) is 0 Å². The fraction of sp³-hybridized carbons (Fsp3) is 0. The smallest absolute Gasteiger partial charge is 0.0726 e. The molecule has 228 valence electrons. The van der Waals surface area contributed by atoms with E-state index in [9.17, 15) is 0 Å². The number of rotatable bonds is 4. The third-order valence-corrected chi connectivity index (χ3v) is 11.5. The SMILES string of the molecule is c1ccc(N(c2ccccc2)c2ccc3c(c2)-c2cc4c5ccccc5sc4c4c2c2c5c-3cccc5ccc2n4-c2ccccc2)cc1. The molecular weight excluding hydrogens is 613 g/mol. The predicted molar refractivity (Wildman–Crippen MR) is 210 cm³/mol. The second kappa shape index (κ2) is 10.2. The van der Waals surface area contributed by atoms with Crippen molar-refractivity contribution in [3.63, 3.8) is 0 Å². The van der Waals surface area contributed by atoms with Crippen LogP contribution in [0.3, 0.4) is 0 Å². The molecule has 2 nitrogen and oxygen atoms in total. The van der Waals surface area contributed by atoms with Crippen LogP contribution in [0.1, 0.15) is 0 Å². The molecule has 0 N–H and O–H groups in total. The third-order valence-electron chi connectivity index (χ3n) is 10.3. The van der Waals surface area contributed by atoms with E-state index in [-0.39, 0.29) is 0 Å². The Morgan fingerprint density at radius 1 is 0.429 bits per heavy atom. The first-order valence-corrected chi connectivity index (χ1v) is 17.6. The van der Waals surface area contributed by atoms with Crippen LogP contribution in [0.2, 0.25) is 0 Å². The highest BCUT2D eigenvalue weighted by molar-refractivity contribution is 7.26. The predicted octanol–water partition coefficient (Wildman–Crippen LogP) is 13.4. The van der Waals surface area contributed by atoms with Crippen LogP contribution in [-0.2, 0) is 0 Å². The average Bonchev–Trinajstić information content (AvgIpc) is 3.68. The van der Waals surface area contributed by atoms with Crippen LogP contribution >= 0.6 is 11.3 Å². The Morgan fingerprint density at radius 3 is 1.92 bits per heavy atom. The lowest BCUT2D eigenvalue weighted by Gasteiger charge is -2.26. The number of anilines is 3. The Balaban J connectivity index is 1.34. The zero-order chi connectivity index (χ0) is 32.1. The summed E-state index contributed by atoms with van der Waals surface area (Å²) in [5, 5.41) is 7.89. The molecule has 8 aromatic carbocycles. The molecule has 0 unspecified atom stereocenters. The first-order chi connectivity index (χ1) is 24.3. The van der Waals surface area contributed by atoms with Crippen molar-refractivity contribution in [1.82, 2.24) is 4.57 Å². The van der Waals surface area contributed by atoms with Gasteiger partial charge in [-0.2, -0.15) is 0 Å². The zero-order valence-electron chi connectivity index (χ0n) is 26.5. The number of hydrogen-bond acceptors (Lipinski definition) is 2. The van der Waals surface area contributed by atoms with Crippen LogP contribution in [-0.4, -0.2) is 4.57 Å². The van der Waals surface area contributed by atoms with E-state index in [1.807, 2.05) is 11.3 Å². The van der Waals surface area contributed by atoms with Gasteiger partial charge in [0.2, 0.25) is 0 Å². The van der Waals surface area contributed by atoms with E-state index in [1.165, 1.54) is 80.7 Å². The molecule has 1 aliphatic carbocycles. The minimum atomic E-state index is 1.13. The number of nitrogens with zero attached hydrogens (tertiary/aromatic N) is 2. The summed E-state index contributed by atoms with van der Waals surface area (Å²) in [5.41, 5.74) is 12.2. The van der Waals surface area contributed by atoms with Gasteiger partial charge in [0.25, 0.3) is 0 Å². The molecule has 11 rings (SSSR count). The fourth-order valence-electron chi connectivity index (χ4n) is 8.25. The van der Waals surface area contributed by atoms with Crippen LogP contribution < -0.4 is 4.90 Å². The van der Waals surface area contributed by atoms with E-state index >= 15 is 0 Å². The number of benzene rings is 8. The lowest BCUT2D eigenvalue weighted by molar-refractivity contribution is 1.19. The molecule has 0 fully saturated rings. The van der Waals surface area contributed by atoms with E-state index in [0.29, 0.717) is 0 Å². The van der Waals surface area contributed by atoms with Crippen molar-refractivity contribution in [2.24, 2.45) is 0 Å². The monoisotopic (exact) mass is 640 g/mol. The van der Waals surface area contributed by atoms with Crippen molar-refractivity contribution < 1.29 is 0 Å². The van der Waals surface area contributed by atoms with Gasteiger partial charge in [0, 0.05) is 49.0 Å². The molecule has 3 heteroatoms. The summed E-state index contributed by atoms with van der Waals surface area (Å²) in [5.74, 6) is 0. The van der Waals surface area contributed by atoms with Gasteiger partial charge in [-0.25, -0.2) is 0 Å². The van der Waals surface area contributed by atoms with Gasteiger partial charge in [-0.05, 0) is 99.8 Å². The molecule has 0 aliphatic heterocycles. The normalized spacial score (nSPS) is 12.1. The number of hydrogen-bond donors (Lipinski definition) is 0. The third kappa shape index (κ3) is 3.76. The summed E-state index contributed by atoms with van der Waals surface area (Å²) in [6, 6.07) is 62.3. The van der Waals surface area contributed by atoms with Crippen molar-refractivity contribution in [1.29, 1.82) is 0 Å². The lowest BCUT2D eigenvalue weighted by Crippen LogP contribution is -2.10. The van der Waals surface area contributed by atoms with Gasteiger partial charge in [-0.3, -0.25) is 0 Å². The lowest BCUT2D eigenvalue weighted by atomic mass is 9.92. The standard InChI is InChI=1S/C46H28N2S/c1-4-14-30(15-5-1)47(31-16-6-2-7-17-31)33-24-25-34-36-21-12-13-29-23-26-40-44(42(29)36)43-38(37(34)27-33)28-39-35-20-10-11-22-41(35)49-46(39)45(43)48(40)32-18-8-3-9-19-32/h1-28H. The second-order valence-corrected chi connectivity index (χ2v) is 13.9. The van der Waals surface area contributed by atoms with Gasteiger partial charge in [0.1, 0.15) is 0 Å². The Morgan fingerprint density at radius 2 is 1.14 bits per heavy atom. The molecule has 0 saturated carbocycles. The Kier molecular flexibility index (Phi) is 5.57. The highest BCUT2D eigenvalue weighted by Crippen LogP contribution is 2.54. The Labute approximate surface area is 287 Å². The van der Waals surface area contributed by atoms with Crippen molar-refractivity contribution >= 4 is 81.1 Å². The molecule has 10 aromatic rings. The minimum Gasteiger partial charge on any atom is -0.310 e. The van der Waals surface area contributed by atoms with E-state index in [2.05, 4.69) is 179 Å². The topological polar surface area (TPSA) is 8.17 Å².